The van der Waals surface area contributed by atoms with Crippen molar-refractivity contribution in [2.24, 2.45) is 0 Å². The summed E-state index contributed by atoms with van der Waals surface area (Å²) in [7, 11) is 0. The highest BCUT2D eigenvalue weighted by molar-refractivity contribution is 5.66. The van der Waals surface area contributed by atoms with Crippen LogP contribution in [0.3, 0.4) is 0 Å². The third-order valence-corrected chi connectivity index (χ3v) is 2.84. The van der Waals surface area contributed by atoms with E-state index in [2.05, 4.69) is 26.0 Å². The molecule has 1 unspecified atom stereocenters. The van der Waals surface area contributed by atoms with Gasteiger partial charge in [-0.1, -0.05) is 44.2 Å². The minimum absolute atomic E-state index is 0.00935. The van der Waals surface area contributed by atoms with E-state index in [0.29, 0.717) is 5.92 Å². The summed E-state index contributed by atoms with van der Waals surface area (Å²) in [6.07, 6.45) is 1.83. The first kappa shape index (κ1) is 12.8. The summed E-state index contributed by atoms with van der Waals surface area (Å²) in [5, 5.41) is 0. The maximum absolute atomic E-state index is 11.0. The SMILES string of the molecule is CCC(OC(C)=O)[C@H](CC)c1ccccc1. The zero-order valence-electron chi connectivity index (χ0n) is 10.3. The molecule has 0 aromatic heterocycles. The van der Waals surface area contributed by atoms with E-state index in [1.54, 1.807) is 0 Å². The van der Waals surface area contributed by atoms with Crippen molar-refractivity contribution < 1.29 is 9.53 Å². The second-order valence-corrected chi connectivity index (χ2v) is 3.98. The standard InChI is InChI=1S/C14H20O2/c1-4-13(12-9-7-6-8-10-12)14(5-2)16-11(3)15/h6-10,13-14H,4-5H2,1-3H3/t13-,14?/m1/s1. The Morgan fingerprint density at radius 3 is 2.25 bits per heavy atom. The van der Waals surface area contributed by atoms with Gasteiger partial charge in [-0.3, -0.25) is 4.79 Å². The third kappa shape index (κ3) is 3.37. The zero-order valence-corrected chi connectivity index (χ0v) is 10.3. The van der Waals surface area contributed by atoms with E-state index in [0.717, 1.165) is 12.8 Å². The summed E-state index contributed by atoms with van der Waals surface area (Å²) < 4.78 is 5.37. The first-order valence-corrected chi connectivity index (χ1v) is 5.91. The Labute approximate surface area is 97.6 Å². The average molecular weight is 220 g/mol. The molecule has 2 nitrogen and oxygen atoms in total. The van der Waals surface area contributed by atoms with Crippen LogP contribution in [0.5, 0.6) is 0 Å². The van der Waals surface area contributed by atoms with Crippen LogP contribution < -0.4 is 0 Å². The molecule has 2 heteroatoms. The lowest BCUT2D eigenvalue weighted by atomic mass is 9.89. The number of ether oxygens (including phenoxy) is 1. The highest BCUT2D eigenvalue weighted by Gasteiger charge is 2.22. The lowest BCUT2D eigenvalue weighted by Gasteiger charge is -2.25. The van der Waals surface area contributed by atoms with Crippen molar-refractivity contribution in [2.45, 2.75) is 45.6 Å². The number of hydrogen-bond donors (Lipinski definition) is 0. The molecule has 1 aromatic rings. The second kappa shape index (κ2) is 6.31. The van der Waals surface area contributed by atoms with Gasteiger partial charge in [0.1, 0.15) is 6.10 Å². The summed E-state index contributed by atoms with van der Waals surface area (Å²) in [4.78, 5) is 11.0. The molecular formula is C14H20O2. The molecular weight excluding hydrogens is 200 g/mol. The third-order valence-electron chi connectivity index (χ3n) is 2.84. The number of carbonyl (C=O) groups excluding carboxylic acids is 1. The lowest BCUT2D eigenvalue weighted by molar-refractivity contribution is -0.147. The van der Waals surface area contributed by atoms with Gasteiger partial charge in [-0.25, -0.2) is 0 Å². The van der Waals surface area contributed by atoms with Crippen LogP contribution in [0.4, 0.5) is 0 Å². The first-order valence-electron chi connectivity index (χ1n) is 5.91. The number of esters is 1. The van der Waals surface area contributed by atoms with Crippen molar-refractivity contribution in [1.82, 2.24) is 0 Å². The van der Waals surface area contributed by atoms with Crippen molar-refractivity contribution in [1.29, 1.82) is 0 Å². The average Bonchev–Trinajstić information content (AvgIpc) is 2.29. The number of benzene rings is 1. The Kier molecular flexibility index (Phi) is 5.03. The maximum atomic E-state index is 11.0. The molecule has 0 spiro atoms. The minimum atomic E-state index is -0.193. The number of hydrogen-bond acceptors (Lipinski definition) is 2. The van der Waals surface area contributed by atoms with Gasteiger partial charge in [0.15, 0.2) is 0 Å². The van der Waals surface area contributed by atoms with Crippen molar-refractivity contribution in [3.63, 3.8) is 0 Å². The summed E-state index contributed by atoms with van der Waals surface area (Å²) in [6, 6.07) is 10.3. The second-order valence-electron chi connectivity index (χ2n) is 3.98. The van der Waals surface area contributed by atoms with E-state index < -0.39 is 0 Å². The molecule has 2 atom stereocenters. The van der Waals surface area contributed by atoms with Gasteiger partial charge < -0.3 is 4.74 Å². The summed E-state index contributed by atoms with van der Waals surface area (Å²) in [5.41, 5.74) is 1.25. The predicted octanol–water partition coefficient (Wildman–Crippen LogP) is 3.52. The molecule has 1 rings (SSSR count). The van der Waals surface area contributed by atoms with Crippen LogP contribution in [0.1, 0.15) is 45.1 Å². The summed E-state index contributed by atoms with van der Waals surface area (Å²) in [5.74, 6) is 0.108. The monoisotopic (exact) mass is 220 g/mol. The molecule has 0 aliphatic rings. The quantitative estimate of drug-likeness (QED) is 0.710. The zero-order chi connectivity index (χ0) is 12.0. The molecule has 0 N–H and O–H groups in total. The number of carbonyl (C=O) groups is 1. The lowest BCUT2D eigenvalue weighted by Crippen LogP contribution is -2.23. The maximum Gasteiger partial charge on any atom is 0.302 e. The van der Waals surface area contributed by atoms with Crippen LogP contribution >= 0.6 is 0 Å². The molecule has 1 aromatic carbocycles. The van der Waals surface area contributed by atoms with Crippen LogP contribution in [-0.2, 0) is 9.53 Å². The fourth-order valence-corrected chi connectivity index (χ4v) is 2.08. The van der Waals surface area contributed by atoms with Crippen LogP contribution in [0.15, 0.2) is 30.3 Å². The van der Waals surface area contributed by atoms with Gasteiger partial charge in [0.25, 0.3) is 0 Å². The molecule has 16 heavy (non-hydrogen) atoms. The van der Waals surface area contributed by atoms with Crippen molar-refractivity contribution in [3.05, 3.63) is 35.9 Å². The minimum Gasteiger partial charge on any atom is -0.462 e. The van der Waals surface area contributed by atoms with E-state index in [4.69, 9.17) is 4.74 Å². The fourth-order valence-electron chi connectivity index (χ4n) is 2.08. The van der Waals surface area contributed by atoms with Gasteiger partial charge in [0.05, 0.1) is 0 Å². The van der Waals surface area contributed by atoms with Crippen molar-refractivity contribution in [2.75, 3.05) is 0 Å². The Morgan fingerprint density at radius 1 is 1.19 bits per heavy atom. The molecule has 0 heterocycles. The normalized spacial score (nSPS) is 14.2. The largest absolute Gasteiger partial charge is 0.462 e. The Balaban J connectivity index is 2.83. The molecule has 0 saturated carbocycles. The smallest absolute Gasteiger partial charge is 0.302 e. The van der Waals surface area contributed by atoms with E-state index in [-0.39, 0.29) is 12.1 Å². The van der Waals surface area contributed by atoms with Crippen LogP contribution in [0.2, 0.25) is 0 Å². The molecule has 0 radical (unpaired) electrons. The van der Waals surface area contributed by atoms with Gasteiger partial charge >= 0.3 is 5.97 Å². The fraction of sp³-hybridized carbons (Fsp3) is 0.500. The molecule has 0 saturated heterocycles. The molecule has 0 fully saturated rings. The van der Waals surface area contributed by atoms with Gasteiger partial charge in [-0.15, -0.1) is 0 Å². The molecule has 0 bridgehead atoms. The molecule has 0 amide bonds. The molecule has 0 aliphatic carbocycles. The Bertz CT molecular complexity index is 319. The van der Waals surface area contributed by atoms with Gasteiger partial charge in [0.2, 0.25) is 0 Å². The summed E-state index contributed by atoms with van der Waals surface area (Å²) in [6.45, 7) is 5.66. The summed E-state index contributed by atoms with van der Waals surface area (Å²) >= 11 is 0. The number of rotatable bonds is 5. The van der Waals surface area contributed by atoms with Crippen molar-refractivity contribution >= 4 is 5.97 Å². The Morgan fingerprint density at radius 2 is 1.81 bits per heavy atom. The van der Waals surface area contributed by atoms with Gasteiger partial charge in [-0.2, -0.15) is 0 Å². The highest BCUT2D eigenvalue weighted by atomic mass is 16.5. The van der Waals surface area contributed by atoms with Crippen LogP contribution in [0, 0.1) is 0 Å². The first-order chi connectivity index (χ1) is 7.69. The van der Waals surface area contributed by atoms with E-state index >= 15 is 0 Å². The van der Waals surface area contributed by atoms with E-state index in [1.807, 2.05) is 18.2 Å². The van der Waals surface area contributed by atoms with E-state index in [9.17, 15) is 4.79 Å². The highest BCUT2D eigenvalue weighted by Crippen LogP contribution is 2.27. The van der Waals surface area contributed by atoms with Crippen molar-refractivity contribution in [3.8, 4) is 0 Å². The molecule has 88 valence electrons. The predicted molar refractivity (Wildman–Crippen MR) is 65.3 cm³/mol. The van der Waals surface area contributed by atoms with Gasteiger partial charge in [0, 0.05) is 12.8 Å². The van der Waals surface area contributed by atoms with Crippen LogP contribution in [-0.4, -0.2) is 12.1 Å². The van der Waals surface area contributed by atoms with E-state index in [1.165, 1.54) is 12.5 Å². The molecule has 0 aliphatic heterocycles. The van der Waals surface area contributed by atoms with Gasteiger partial charge in [-0.05, 0) is 18.4 Å². The topological polar surface area (TPSA) is 26.3 Å². The van der Waals surface area contributed by atoms with Crippen LogP contribution in [0.25, 0.3) is 0 Å². The Hall–Kier alpha value is -1.31.